The summed E-state index contributed by atoms with van der Waals surface area (Å²) in [6.45, 7) is 10.0. The van der Waals surface area contributed by atoms with Crippen molar-refractivity contribution in [2.24, 2.45) is 5.41 Å². The summed E-state index contributed by atoms with van der Waals surface area (Å²) in [6.07, 6.45) is 0.272. The molecule has 0 aliphatic carbocycles. The molecular formula is C14H23NO3. The van der Waals surface area contributed by atoms with E-state index in [4.69, 9.17) is 4.42 Å². The van der Waals surface area contributed by atoms with Gasteiger partial charge in [-0.15, -0.1) is 0 Å². The first kappa shape index (κ1) is 14.8. The Morgan fingerprint density at radius 3 is 2.56 bits per heavy atom. The number of amides is 1. The molecule has 1 atom stereocenters. The van der Waals surface area contributed by atoms with Gasteiger partial charge in [0.2, 0.25) is 0 Å². The van der Waals surface area contributed by atoms with Crippen molar-refractivity contribution in [2.75, 3.05) is 6.54 Å². The number of aryl methyl sites for hydroxylation is 2. The third-order valence-electron chi connectivity index (χ3n) is 2.97. The van der Waals surface area contributed by atoms with Crippen molar-refractivity contribution < 1.29 is 14.3 Å². The predicted octanol–water partition coefficient (Wildman–Crippen LogP) is 2.42. The molecule has 1 rings (SSSR count). The van der Waals surface area contributed by atoms with Crippen molar-refractivity contribution in [3.63, 3.8) is 0 Å². The van der Waals surface area contributed by atoms with Crippen LogP contribution in [0.2, 0.25) is 0 Å². The zero-order chi connectivity index (χ0) is 13.9. The van der Waals surface area contributed by atoms with E-state index in [9.17, 15) is 9.90 Å². The molecular weight excluding hydrogens is 230 g/mol. The first-order valence-electron chi connectivity index (χ1n) is 6.24. The minimum absolute atomic E-state index is 0.138. The van der Waals surface area contributed by atoms with Crippen LogP contribution >= 0.6 is 0 Å². The highest BCUT2D eigenvalue weighted by Gasteiger charge is 2.22. The van der Waals surface area contributed by atoms with E-state index in [0.717, 1.165) is 11.3 Å². The molecule has 4 nitrogen and oxygen atoms in total. The molecule has 0 aromatic carbocycles. The van der Waals surface area contributed by atoms with Gasteiger partial charge in [-0.2, -0.15) is 0 Å². The maximum Gasteiger partial charge on any atom is 0.287 e. The fraction of sp³-hybridized carbons (Fsp3) is 0.643. The third kappa shape index (κ3) is 4.18. The van der Waals surface area contributed by atoms with Crippen molar-refractivity contribution in [3.8, 4) is 0 Å². The fourth-order valence-electron chi connectivity index (χ4n) is 1.96. The number of aliphatic hydroxyl groups is 1. The minimum atomic E-state index is -0.370. The van der Waals surface area contributed by atoms with Gasteiger partial charge in [0, 0.05) is 6.54 Å². The van der Waals surface area contributed by atoms with Crippen molar-refractivity contribution in [3.05, 3.63) is 23.2 Å². The van der Waals surface area contributed by atoms with Crippen LogP contribution in [-0.2, 0) is 0 Å². The van der Waals surface area contributed by atoms with Crippen LogP contribution in [0.1, 0.15) is 49.1 Å². The average molecular weight is 253 g/mol. The second-order valence-electron chi connectivity index (χ2n) is 5.75. The Hall–Kier alpha value is -1.29. The number of carbonyl (C=O) groups is 1. The van der Waals surface area contributed by atoms with Crippen molar-refractivity contribution in [1.29, 1.82) is 0 Å². The molecule has 0 saturated heterocycles. The summed E-state index contributed by atoms with van der Waals surface area (Å²) in [7, 11) is 0. The average Bonchev–Trinajstić information content (AvgIpc) is 2.54. The molecule has 0 aliphatic rings. The lowest BCUT2D eigenvalue weighted by molar-refractivity contribution is 0.0875. The number of hydrogen-bond acceptors (Lipinski definition) is 3. The molecule has 1 heterocycles. The molecule has 18 heavy (non-hydrogen) atoms. The molecule has 1 amide bonds. The van der Waals surface area contributed by atoms with Crippen LogP contribution in [0.4, 0.5) is 0 Å². The van der Waals surface area contributed by atoms with Crippen LogP contribution in [0.25, 0.3) is 0 Å². The van der Waals surface area contributed by atoms with Gasteiger partial charge in [-0.1, -0.05) is 13.8 Å². The highest BCUT2D eigenvalue weighted by Crippen LogP contribution is 2.21. The Balaban J connectivity index is 2.56. The van der Waals surface area contributed by atoms with E-state index in [1.54, 1.807) is 13.0 Å². The monoisotopic (exact) mass is 253 g/mol. The van der Waals surface area contributed by atoms with Crippen LogP contribution in [0.15, 0.2) is 10.5 Å². The van der Waals surface area contributed by atoms with Gasteiger partial charge < -0.3 is 14.8 Å². The van der Waals surface area contributed by atoms with E-state index in [1.807, 2.05) is 27.7 Å². The smallest absolute Gasteiger partial charge is 0.287 e. The summed E-state index contributed by atoms with van der Waals surface area (Å²) < 4.78 is 5.36. The predicted molar refractivity (Wildman–Crippen MR) is 70.6 cm³/mol. The van der Waals surface area contributed by atoms with Gasteiger partial charge in [-0.05, 0) is 44.2 Å². The zero-order valence-electron chi connectivity index (χ0n) is 11.8. The first-order valence-corrected chi connectivity index (χ1v) is 6.24. The number of furan rings is 1. The summed E-state index contributed by atoms with van der Waals surface area (Å²) >= 11 is 0. The van der Waals surface area contributed by atoms with Crippen LogP contribution in [0.3, 0.4) is 0 Å². The molecule has 4 heteroatoms. The second kappa shape index (κ2) is 5.57. The second-order valence-corrected chi connectivity index (χ2v) is 5.75. The number of carbonyl (C=O) groups excluding carboxylic acids is 1. The van der Waals surface area contributed by atoms with Crippen molar-refractivity contribution >= 4 is 5.91 Å². The summed E-state index contributed by atoms with van der Waals surface area (Å²) in [5, 5.41) is 12.2. The number of rotatable bonds is 5. The Labute approximate surface area is 108 Å². The molecule has 0 fully saturated rings. The highest BCUT2D eigenvalue weighted by molar-refractivity contribution is 5.91. The van der Waals surface area contributed by atoms with E-state index in [-0.39, 0.29) is 17.4 Å². The van der Waals surface area contributed by atoms with Crippen molar-refractivity contribution in [2.45, 2.75) is 47.1 Å². The van der Waals surface area contributed by atoms with Crippen LogP contribution < -0.4 is 5.32 Å². The lowest BCUT2D eigenvalue weighted by atomic mass is 9.87. The molecule has 0 saturated carbocycles. The van der Waals surface area contributed by atoms with Crippen molar-refractivity contribution in [1.82, 2.24) is 5.32 Å². The SMILES string of the molecule is Cc1cc(C(=O)NCC(C)(C)CC(C)O)oc1C. The van der Waals surface area contributed by atoms with Gasteiger partial charge >= 0.3 is 0 Å². The normalized spacial score (nSPS) is 13.4. The lowest BCUT2D eigenvalue weighted by Crippen LogP contribution is -2.35. The maximum absolute atomic E-state index is 11.9. The Morgan fingerprint density at radius 2 is 2.11 bits per heavy atom. The molecule has 0 aliphatic heterocycles. The first-order chi connectivity index (χ1) is 8.21. The quantitative estimate of drug-likeness (QED) is 0.847. The number of hydrogen-bond donors (Lipinski definition) is 2. The molecule has 0 spiro atoms. The van der Waals surface area contributed by atoms with Crippen LogP contribution in [0.5, 0.6) is 0 Å². The summed E-state index contributed by atoms with van der Waals surface area (Å²) in [5.74, 6) is 0.908. The number of aliphatic hydroxyl groups excluding tert-OH is 1. The Morgan fingerprint density at radius 1 is 1.50 bits per heavy atom. The zero-order valence-corrected chi connectivity index (χ0v) is 11.8. The molecule has 1 aromatic rings. The van der Waals surface area contributed by atoms with E-state index in [1.165, 1.54) is 0 Å². The van der Waals surface area contributed by atoms with Gasteiger partial charge in [0.15, 0.2) is 5.76 Å². The molecule has 0 radical (unpaired) electrons. The summed E-state index contributed by atoms with van der Waals surface area (Å²) in [6, 6.07) is 1.74. The molecule has 1 unspecified atom stereocenters. The van der Waals surface area contributed by atoms with Crippen LogP contribution in [-0.4, -0.2) is 23.7 Å². The fourth-order valence-corrected chi connectivity index (χ4v) is 1.96. The Bertz CT molecular complexity index is 399. The highest BCUT2D eigenvalue weighted by atomic mass is 16.3. The van der Waals surface area contributed by atoms with Gasteiger partial charge in [-0.25, -0.2) is 0 Å². The number of nitrogens with one attached hydrogen (secondary N) is 1. The summed E-state index contributed by atoms with van der Waals surface area (Å²) in [4.78, 5) is 11.9. The molecule has 2 N–H and O–H groups in total. The van der Waals surface area contributed by atoms with E-state index in [0.29, 0.717) is 18.7 Å². The van der Waals surface area contributed by atoms with Gasteiger partial charge in [0.05, 0.1) is 6.10 Å². The third-order valence-corrected chi connectivity index (χ3v) is 2.97. The lowest BCUT2D eigenvalue weighted by Gasteiger charge is -2.26. The topological polar surface area (TPSA) is 62.5 Å². The molecule has 0 bridgehead atoms. The van der Waals surface area contributed by atoms with E-state index in [2.05, 4.69) is 5.32 Å². The minimum Gasteiger partial charge on any atom is -0.456 e. The van der Waals surface area contributed by atoms with Gasteiger partial charge in [0.25, 0.3) is 5.91 Å². The standard InChI is InChI=1S/C14H23NO3/c1-9-6-12(18-11(9)3)13(17)15-8-14(4,5)7-10(2)16/h6,10,16H,7-8H2,1-5H3,(H,15,17). The van der Waals surface area contributed by atoms with Gasteiger partial charge in [0.1, 0.15) is 5.76 Å². The van der Waals surface area contributed by atoms with E-state index >= 15 is 0 Å². The molecule has 1 aromatic heterocycles. The molecule has 102 valence electrons. The van der Waals surface area contributed by atoms with E-state index < -0.39 is 0 Å². The maximum atomic E-state index is 11.9. The van der Waals surface area contributed by atoms with Gasteiger partial charge in [-0.3, -0.25) is 4.79 Å². The van der Waals surface area contributed by atoms with Crippen LogP contribution in [0, 0.1) is 19.3 Å². The summed E-state index contributed by atoms with van der Waals surface area (Å²) in [5.41, 5.74) is 0.837. The largest absolute Gasteiger partial charge is 0.456 e. The Kier molecular flexibility index (Phi) is 4.57.